The molecule has 0 atom stereocenters. The number of nitro benzene ring substituents is 1. The van der Waals surface area contributed by atoms with E-state index in [1.165, 1.54) is 12.1 Å². The van der Waals surface area contributed by atoms with E-state index in [0.29, 0.717) is 6.54 Å². The number of nitrogens with zero attached hydrogens (tertiary/aromatic N) is 3. The Kier molecular flexibility index (Phi) is 5.82. The Morgan fingerprint density at radius 3 is 2.45 bits per heavy atom. The summed E-state index contributed by atoms with van der Waals surface area (Å²) in [5, 5.41) is 10.6. The first-order valence-electron chi connectivity index (χ1n) is 7.26. The molecule has 22 heavy (non-hydrogen) atoms. The summed E-state index contributed by atoms with van der Waals surface area (Å²) < 4.78 is 0. The van der Waals surface area contributed by atoms with Crippen molar-refractivity contribution in [2.24, 2.45) is 5.84 Å². The van der Waals surface area contributed by atoms with Gasteiger partial charge in [0.1, 0.15) is 0 Å². The molecule has 1 fully saturated rings. The highest BCUT2D eigenvalue weighted by atomic mass is 16.6. The molecular weight excluding hydrogens is 286 g/mol. The van der Waals surface area contributed by atoms with Gasteiger partial charge in [0.05, 0.1) is 11.5 Å². The summed E-state index contributed by atoms with van der Waals surface area (Å²) in [6.07, 6.45) is 0.977. The van der Waals surface area contributed by atoms with Gasteiger partial charge in [0, 0.05) is 31.8 Å². The van der Waals surface area contributed by atoms with Crippen LogP contribution in [-0.2, 0) is 11.3 Å². The first-order valence-corrected chi connectivity index (χ1v) is 7.26. The molecular formula is C14H21N5O3. The van der Waals surface area contributed by atoms with Gasteiger partial charge in [-0.05, 0) is 25.1 Å². The Balaban J connectivity index is 1.86. The topological polar surface area (TPSA) is 105 Å². The number of rotatable bonds is 5. The fourth-order valence-electron chi connectivity index (χ4n) is 2.57. The summed E-state index contributed by atoms with van der Waals surface area (Å²) >= 11 is 0. The van der Waals surface area contributed by atoms with Gasteiger partial charge in [0.25, 0.3) is 5.69 Å². The third kappa shape index (κ3) is 4.76. The van der Waals surface area contributed by atoms with E-state index in [1.54, 1.807) is 12.1 Å². The predicted molar refractivity (Wildman–Crippen MR) is 81.8 cm³/mol. The van der Waals surface area contributed by atoms with Crippen LogP contribution in [0, 0.1) is 10.1 Å². The molecule has 1 saturated heterocycles. The van der Waals surface area contributed by atoms with Crippen molar-refractivity contribution in [3.05, 3.63) is 39.9 Å². The number of non-ortho nitro benzene ring substituents is 1. The van der Waals surface area contributed by atoms with Crippen LogP contribution < -0.4 is 11.3 Å². The standard InChI is InChI=1S/C14H21N5O3/c15-16-14(20)11-18-7-1-6-17(8-9-18)10-12-2-4-13(5-3-12)19(21)22/h2-5H,1,6-11,15H2,(H,16,20). The molecule has 1 amide bonds. The normalized spacial score (nSPS) is 17.0. The van der Waals surface area contributed by atoms with E-state index in [4.69, 9.17) is 5.84 Å². The van der Waals surface area contributed by atoms with Crippen LogP contribution in [0.2, 0.25) is 0 Å². The molecule has 1 aliphatic heterocycles. The van der Waals surface area contributed by atoms with Gasteiger partial charge in [-0.25, -0.2) is 5.84 Å². The molecule has 0 unspecified atom stereocenters. The average molecular weight is 307 g/mol. The summed E-state index contributed by atoms with van der Waals surface area (Å²) in [6, 6.07) is 6.65. The van der Waals surface area contributed by atoms with Gasteiger partial charge in [-0.15, -0.1) is 0 Å². The third-order valence-electron chi connectivity index (χ3n) is 3.76. The number of benzene rings is 1. The van der Waals surface area contributed by atoms with Gasteiger partial charge in [0.2, 0.25) is 5.91 Å². The van der Waals surface area contributed by atoms with Gasteiger partial charge < -0.3 is 0 Å². The number of nitrogens with one attached hydrogen (secondary N) is 1. The van der Waals surface area contributed by atoms with E-state index < -0.39 is 4.92 Å². The van der Waals surface area contributed by atoms with Crippen LogP contribution >= 0.6 is 0 Å². The lowest BCUT2D eigenvalue weighted by atomic mass is 10.2. The van der Waals surface area contributed by atoms with Crippen molar-refractivity contribution < 1.29 is 9.72 Å². The van der Waals surface area contributed by atoms with E-state index >= 15 is 0 Å². The molecule has 120 valence electrons. The molecule has 0 radical (unpaired) electrons. The van der Waals surface area contributed by atoms with Crippen molar-refractivity contribution in [2.45, 2.75) is 13.0 Å². The zero-order valence-corrected chi connectivity index (χ0v) is 12.4. The number of nitrogens with two attached hydrogens (primary N) is 1. The number of hydrogen-bond acceptors (Lipinski definition) is 6. The summed E-state index contributed by atoms with van der Waals surface area (Å²) in [6.45, 7) is 4.55. The van der Waals surface area contributed by atoms with Crippen LogP contribution in [0.1, 0.15) is 12.0 Å². The van der Waals surface area contributed by atoms with Crippen molar-refractivity contribution in [1.29, 1.82) is 0 Å². The van der Waals surface area contributed by atoms with Crippen LogP contribution in [0.5, 0.6) is 0 Å². The van der Waals surface area contributed by atoms with E-state index in [-0.39, 0.29) is 11.6 Å². The Morgan fingerprint density at radius 1 is 1.18 bits per heavy atom. The minimum atomic E-state index is -0.393. The molecule has 8 nitrogen and oxygen atoms in total. The number of amides is 1. The highest BCUT2D eigenvalue weighted by molar-refractivity contribution is 5.77. The van der Waals surface area contributed by atoms with Gasteiger partial charge >= 0.3 is 0 Å². The molecule has 2 rings (SSSR count). The molecule has 1 aliphatic rings. The first kappa shape index (κ1) is 16.3. The molecule has 0 aliphatic carbocycles. The lowest BCUT2D eigenvalue weighted by Gasteiger charge is -2.21. The van der Waals surface area contributed by atoms with Crippen molar-refractivity contribution in [3.8, 4) is 0 Å². The molecule has 0 saturated carbocycles. The Labute approximate surface area is 129 Å². The number of hydrazine groups is 1. The molecule has 0 aromatic heterocycles. The summed E-state index contributed by atoms with van der Waals surface area (Å²) in [4.78, 5) is 25.9. The molecule has 0 bridgehead atoms. The monoisotopic (exact) mass is 307 g/mol. The maximum Gasteiger partial charge on any atom is 0.269 e. The van der Waals surface area contributed by atoms with Crippen LogP contribution in [0.4, 0.5) is 5.69 Å². The minimum Gasteiger partial charge on any atom is -0.298 e. The fraction of sp³-hybridized carbons (Fsp3) is 0.500. The molecule has 8 heteroatoms. The van der Waals surface area contributed by atoms with E-state index in [9.17, 15) is 14.9 Å². The second kappa shape index (κ2) is 7.83. The lowest BCUT2D eigenvalue weighted by Crippen LogP contribution is -2.41. The zero-order chi connectivity index (χ0) is 15.9. The van der Waals surface area contributed by atoms with Crippen LogP contribution in [0.15, 0.2) is 24.3 Å². The van der Waals surface area contributed by atoms with E-state index in [2.05, 4.69) is 15.2 Å². The van der Waals surface area contributed by atoms with Crippen LogP contribution in [-0.4, -0.2) is 53.4 Å². The van der Waals surface area contributed by atoms with Gasteiger partial charge in [-0.3, -0.25) is 30.1 Å². The van der Waals surface area contributed by atoms with Crippen molar-refractivity contribution in [1.82, 2.24) is 15.2 Å². The first-order chi connectivity index (χ1) is 10.6. The third-order valence-corrected chi connectivity index (χ3v) is 3.76. The Hall–Kier alpha value is -2.03. The zero-order valence-electron chi connectivity index (χ0n) is 12.4. The predicted octanol–water partition coefficient (Wildman–Crippen LogP) is 0.0924. The molecule has 1 aromatic carbocycles. The second-order valence-corrected chi connectivity index (χ2v) is 5.40. The minimum absolute atomic E-state index is 0.110. The quantitative estimate of drug-likeness (QED) is 0.346. The largest absolute Gasteiger partial charge is 0.298 e. The molecule has 3 N–H and O–H groups in total. The number of nitro groups is 1. The van der Waals surface area contributed by atoms with Crippen molar-refractivity contribution >= 4 is 11.6 Å². The van der Waals surface area contributed by atoms with Gasteiger partial charge in [-0.1, -0.05) is 12.1 Å². The molecule has 1 heterocycles. The lowest BCUT2D eigenvalue weighted by molar-refractivity contribution is -0.384. The average Bonchev–Trinajstić information content (AvgIpc) is 2.73. The van der Waals surface area contributed by atoms with Crippen LogP contribution in [0.3, 0.4) is 0 Å². The number of carbonyl (C=O) groups excluding carboxylic acids is 1. The highest BCUT2D eigenvalue weighted by Crippen LogP contribution is 2.14. The molecule has 0 spiro atoms. The summed E-state index contributed by atoms with van der Waals surface area (Å²) in [5.74, 6) is 4.93. The van der Waals surface area contributed by atoms with Crippen molar-refractivity contribution in [2.75, 3.05) is 32.7 Å². The van der Waals surface area contributed by atoms with E-state index in [1.807, 2.05) is 0 Å². The SMILES string of the molecule is NNC(=O)CN1CCCN(Cc2ccc([N+](=O)[O-])cc2)CC1. The Morgan fingerprint density at radius 2 is 1.82 bits per heavy atom. The smallest absolute Gasteiger partial charge is 0.269 e. The van der Waals surface area contributed by atoms with E-state index in [0.717, 1.165) is 44.7 Å². The number of carbonyl (C=O) groups is 1. The summed E-state index contributed by atoms with van der Waals surface area (Å²) in [7, 11) is 0. The van der Waals surface area contributed by atoms with Gasteiger partial charge in [0.15, 0.2) is 0 Å². The second-order valence-electron chi connectivity index (χ2n) is 5.40. The molecule has 1 aromatic rings. The fourth-order valence-corrected chi connectivity index (χ4v) is 2.57. The van der Waals surface area contributed by atoms with Crippen molar-refractivity contribution in [3.63, 3.8) is 0 Å². The highest BCUT2D eigenvalue weighted by Gasteiger charge is 2.17. The maximum atomic E-state index is 11.3. The number of hydrogen-bond donors (Lipinski definition) is 2. The maximum absolute atomic E-state index is 11.3. The Bertz CT molecular complexity index is 520. The van der Waals surface area contributed by atoms with Crippen LogP contribution in [0.25, 0.3) is 0 Å². The summed E-state index contributed by atoms with van der Waals surface area (Å²) in [5.41, 5.74) is 3.31. The van der Waals surface area contributed by atoms with Gasteiger partial charge in [-0.2, -0.15) is 0 Å².